The van der Waals surface area contributed by atoms with E-state index >= 15 is 0 Å². The van der Waals surface area contributed by atoms with Crippen LogP contribution in [0.4, 0.5) is 5.82 Å². The molecule has 1 saturated heterocycles. The summed E-state index contributed by atoms with van der Waals surface area (Å²) in [6.45, 7) is -0.810. The second-order valence-electron chi connectivity index (χ2n) is 15.4. The standard InChI is InChI=1S/C41H44N2O10/c42-31-19-25(10-14-43-31)39(11-1-2-12-39)30-9-13-40(21-45)38(50)41(30,51)36(49)37(53-40)52-29-8-4-7-26-33(29)35(48)32-27(34(26)47)17-24(18-28(32)46)16-22-5-3-6-23(15-22)20-44/h3-8,10,14-15,17-19,27,30,32,36-38,44-46,49-51H,1-2,9,11-13,16,20-21H2,(H2,42,43). The van der Waals surface area contributed by atoms with Crippen molar-refractivity contribution in [2.45, 2.75) is 86.7 Å². The third-order valence-corrected chi connectivity index (χ3v) is 12.6. The van der Waals surface area contributed by atoms with Crippen molar-refractivity contribution in [3.05, 3.63) is 112 Å². The molecule has 5 aliphatic rings. The number of aromatic nitrogens is 1. The van der Waals surface area contributed by atoms with Crippen molar-refractivity contribution in [1.82, 2.24) is 4.98 Å². The molecular formula is C41H44N2O10. The van der Waals surface area contributed by atoms with Crippen LogP contribution in [0.25, 0.3) is 0 Å². The minimum Gasteiger partial charge on any atom is -0.511 e. The lowest BCUT2D eigenvalue weighted by molar-refractivity contribution is -0.381. The summed E-state index contributed by atoms with van der Waals surface area (Å²) in [6, 6.07) is 15.4. The number of nitrogens with two attached hydrogens (primary N) is 1. The molecule has 0 radical (unpaired) electrons. The average molecular weight is 725 g/mol. The normalized spacial score (nSPS) is 33.1. The Morgan fingerprint density at radius 1 is 0.962 bits per heavy atom. The summed E-state index contributed by atoms with van der Waals surface area (Å²) in [5.74, 6) is -3.92. The van der Waals surface area contributed by atoms with Crippen molar-refractivity contribution in [3.8, 4) is 5.75 Å². The smallest absolute Gasteiger partial charge is 0.229 e. The summed E-state index contributed by atoms with van der Waals surface area (Å²) in [7, 11) is 0. The molecule has 0 amide bonds. The van der Waals surface area contributed by atoms with Crippen LogP contribution in [0.2, 0.25) is 0 Å². The van der Waals surface area contributed by atoms with Gasteiger partial charge in [0.2, 0.25) is 6.29 Å². The number of rotatable bonds is 8. The Kier molecular flexibility index (Phi) is 8.83. The van der Waals surface area contributed by atoms with Crippen LogP contribution in [0.1, 0.15) is 75.9 Å². The van der Waals surface area contributed by atoms with Crippen molar-refractivity contribution in [2.75, 3.05) is 12.3 Å². The lowest BCUT2D eigenvalue weighted by Crippen LogP contribution is -2.79. The maximum atomic E-state index is 14.2. The van der Waals surface area contributed by atoms with Crippen LogP contribution in [0.15, 0.2) is 84.3 Å². The maximum absolute atomic E-state index is 14.2. The van der Waals surface area contributed by atoms with Crippen molar-refractivity contribution in [2.24, 2.45) is 17.8 Å². The van der Waals surface area contributed by atoms with E-state index in [0.717, 1.165) is 29.5 Å². The van der Waals surface area contributed by atoms with E-state index in [1.807, 2.05) is 24.3 Å². The Morgan fingerprint density at radius 2 is 1.72 bits per heavy atom. The number of ketones is 2. The number of carbonyl (C=O) groups is 2. The summed E-state index contributed by atoms with van der Waals surface area (Å²) in [5, 5.41) is 68.0. The number of carbonyl (C=O) groups excluding carboxylic acids is 2. The van der Waals surface area contributed by atoms with E-state index in [1.165, 1.54) is 24.3 Å². The second kappa shape index (κ2) is 13.2. The van der Waals surface area contributed by atoms with Crippen LogP contribution in [0.3, 0.4) is 0 Å². The molecule has 8 rings (SSSR count). The van der Waals surface area contributed by atoms with Gasteiger partial charge < -0.3 is 45.8 Å². The lowest BCUT2D eigenvalue weighted by atomic mass is 9.52. The quantitative estimate of drug-likeness (QED) is 0.179. The predicted octanol–water partition coefficient (Wildman–Crippen LogP) is 3.23. The number of aliphatic hydroxyl groups excluding tert-OH is 5. The van der Waals surface area contributed by atoms with E-state index in [2.05, 4.69) is 4.98 Å². The highest BCUT2D eigenvalue weighted by Gasteiger charge is 2.71. The fourth-order valence-electron chi connectivity index (χ4n) is 10.1. The van der Waals surface area contributed by atoms with Crippen molar-refractivity contribution in [3.63, 3.8) is 0 Å². The van der Waals surface area contributed by atoms with E-state index in [0.29, 0.717) is 37.1 Å². The van der Waals surface area contributed by atoms with Gasteiger partial charge in [0.15, 0.2) is 11.6 Å². The third-order valence-electron chi connectivity index (χ3n) is 12.6. The summed E-state index contributed by atoms with van der Waals surface area (Å²) < 4.78 is 12.5. The van der Waals surface area contributed by atoms with Crippen molar-refractivity contribution < 1.29 is 49.7 Å². The van der Waals surface area contributed by atoms with E-state index in [9.17, 15) is 40.2 Å². The molecule has 2 saturated carbocycles. The maximum Gasteiger partial charge on any atom is 0.229 e. The largest absolute Gasteiger partial charge is 0.511 e. The number of nitrogens with zero attached hydrogens (tertiary/aromatic N) is 1. The monoisotopic (exact) mass is 724 g/mol. The van der Waals surface area contributed by atoms with E-state index in [4.69, 9.17) is 15.2 Å². The molecule has 8 N–H and O–H groups in total. The van der Waals surface area contributed by atoms with Crippen LogP contribution >= 0.6 is 0 Å². The van der Waals surface area contributed by atoms with Gasteiger partial charge in [0.25, 0.3) is 0 Å². The van der Waals surface area contributed by atoms with Crippen LogP contribution in [0.5, 0.6) is 5.75 Å². The molecule has 8 unspecified atom stereocenters. The topological polar surface area (TPSA) is 213 Å². The number of benzene rings is 2. The van der Waals surface area contributed by atoms with Gasteiger partial charge in [-0.2, -0.15) is 0 Å². The van der Waals surface area contributed by atoms with Gasteiger partial charge in [0.05, 0.1) is 30.6 Å². The first-order valence-corrected chi connectivity index (χ1v) is 18.2. The zero-order valence-corrected chi connectivity index (χ0v) is 29.1. The Balaban J connectivity index is 1.13. The molecule has 1 aromatic heterocycles. The molecule has 53 heavy (non-hydrogen) atoms. The summed E-state index contributed by atoms with van der Waals surface area (Å²) in [4.78, 5) is 32.4. The van der Waals surface area contributed by atoms with Gasteiger partial charge in [0.1, 0.15) is 40.7 Å². The molecule has 3 aromatic rings. The molecule has 2 bridgehead atoms. The fourth-order valence-corrected chi connectivity index (χ4v) is 10.1. The molecule has 2 aromatic carbocycles. The van der Waals surface area contributed by atoms with Gasteiger partial charge in [-0.1, -0.05) is 55.3 Å². The Hall–Kier alpha value is -4.43. The van der Waals surface area contributed by atoms with Gasteiger partial charge in [0, 0.05) is 23.1 Å². The van der Waals surface area contributed by atoms with E-state index < -0.39 is 71.0 Å². The van der Waals surface area contributed by atoms with Crippen LogP contribution in [-0.4, -0.2) is 83.5 Å². The number of fused-ring (bicyclic) bond motifs is 4. The van der Waals surface area contributed by atoms with Gasteiger partial charge in [-0.3, -0.25) is 9.59 Å². The minimum atomic E-state index is -2.23. The molecule has 4 aliphatic carbocycles. The fraction of sp³-hybridized carbons (Fsp3) is 0.439. The SMILES string of the molecule is Nc1cc(C2(C3CCC4(CO)OC(Oc5cccc6c5C(=O)C5C(O)=CC(Cc7cccc(CO)c7)=CC5C6=O)C(O)C3(O)C4O)CCCC2)ccn1. The van der Waals surface area contributed by atoms with Crippen LogP contribution < -0.4 is 10.5 Å². The van der Waals surface area contributed by atoms with Crippen LogP contribution in [0, 0.1) is 17.8 Å². The van der Waals surface area contributed by atoms with Gasteiger partial charge in [-0.05, 0) is 78.6 Å². The Labute approximate surface area is 306 Å². The Morgan fingerprint density at radius 3 is 2.45 bits per heavy atom. The summed E-state index contributed by atoms with van der Waals surface area (Å²) >= 11 is 0. The number of nitrogen functional groups attached to an aromatic ring is 1. The number of hydrogen-bond donors (Lipinski definition) is 7. The van der Waals surface area contributed by atoms with Crippen molar-refractivity contribution >= 4 is 17.4 Å². The molecule has 2 heterocycles. The number of Topliss-reactive ketones (excluding diaryl/α,β-unsaturated/α-hetero) is 2. The number of anilines is 1. The molecule has 12 nitrogen and oxygen atoms in total. The number of pyridine rings is 1. The first kappa shape index (κ1) is 35.6. The van der Waals surface area contributed by atoms with Gasteiger partial charge >= 0.3 is 0 Å². The number of aliphatic hydroxyl groups is 6. The molecule has 1 aliphatic heterocycles. The summed E-state index contributed by atoms with van der Waals surface area (Å²) in [6.07, 6.45) is 3.41. The molecule has 12 heteroatoms. The first-order chi connectivity index (χ1) is 25.5. The van der Waals surface area contributed by atoms with Crippen molar-refractivity contribution in [1.29, 1.82) is 0 Å². The second-order valence-corrected chi connectivity index (χ2v) is 15.4. The average Bonchev–Trinajstić information content (AvgIpc) is 3.65. The zero-order valence-electron chi connectivity index (χ0n) is 29.1. The van der Waals surface area contributed by atoms with Gasteiger partial charge in [-0.25, -0.2) is 4.98 Å². The summed E-state index contributed by atoms with van der Waals surface area (Å²) in [5.41, 5.74) is 4.54. The molecule has 8 atom stereocenters. The van der Waals surface area contributed by atoms with E-state index in [1.54, 1.807) is 24.4 Å². The van der Waals surface area contributed by atoms with E-state index in [-0.39, 0.29) is 35.7 Å². The highest BCUT2D eigenvalue weighted by atomic mass is 16.7. The van der Waals surface area contributed by atoms with Crippen LogP contribution in [-0.2, 0) is 23.2 Å². The first-order valence-electron chi connectivity index (χ1n) is 18.2. The highest BCUT2D eigenvalue weighted by molar-refractivity contribution is 6.19. The number of allylic oxidation sites excluding steroid dienone is 4. The lowest BCUT2D eigenvalue weighted by Gasteiger charge is -2.62. The third kappa shape index (κ3) is 5.45. The molecule has 3 fully saturated rings. The molecule has 278 valence electrons. The highest BCUT2D eigenvalue weighted by Crippen LogP contribution is 2.60. The predicted molar refractivity (Wildman–Crippen MR) is 191 cm³/mol. The molecule has 0 spiro atoms. The number of hydrogen-bond acceptors (Lipinski definition) is 12. The van der Waals surface area contributed by atoms with Gasteiger partial charge in [-0.15, -0.1) is 0 Å². The Bertz CT molecular complexity index is 2020. The minimum absolute atomic E-state index is 0.0699. The molecular weight excluding hydrogens is 680 g/mol. The number of ether oxygens (including phenoxy) is 2. The zero-order chi connectivity index (χ0) is 37.3.